The van der Waals surface area contributed by atoms with Crippen molar-refractivity contribution in [3.05, 3.63) is 29.8 Å². The Morgan fingerprint density at radius 1 is 1.26 bits per heavy atom. The molecule has 27 heavy (non-hydrogen) atoms. The highest BCUT2D eigenvalue weighted by Gasteiger charge is 2.15. The molecule has 0 aromatic heterocycles. The maximum atomic E-state index is 5.77. The average Bonchev–Trinajstić information content (AvgIpc) is 3.16. The zero-order valence-electron chi connectivity index (χ0n) is 17.0. The zero-order valence-corrected chi connectivity index (χ0v) is 17.0. The van der Waals surface area contributed by atoms with Gasteiger partial charge in [0.25, 0.3) is 0 Å². The first-order valence-electron chi connectivity index (χ1n) is 10.1. The normalized spacial score (nSPS) is 17.3. The third-order valence-corrected chi connectivity index (χ3v) is 4.16. The number of hydrogen-bond acceptors (Lipinski definition) is 4. The van der Waals surface area contributed by atoms with Crippen molar-refractivity contribution in [3.63, 3.8) is 0 Å². The fourth-order valence-electron chi connectivity index (χ4n) is 2.82. The molecule has 0 amide bonds. The van der Waals surface area contributed by atoms with Crippen molar-refractivity contribution in [2.75, 3.05) is 39.5 Å². The highest BCUT2D eigenvalue weighted by molar-refractivity contribution is 5.79. The van der Waals surface area contributed by atoms with Crippen LogP contribution in [0.25, 0.3) is 0 Å². The summed E-state index contributed by atoms with van der Waals surface area (Å²) in [6.45, 7) is 10.9. The van der Waals surface area contributed by atoms with Crippen molar-refractivity contribution in [1.29, 1.82) is 0 Å². The van der Waals surface area contributed by atoms with Gasteiger partial charge in [-0.1, -0.05) is 12.1 Å². The Hall–Kier alpha value is -1.79. The molecular formula is C21H35N3O3. The Morgan fingerprint density at radius 3 is 2.74 bits per heavy atom. The van der Waals surface area contributed by atoms with E-state index in [0.29, 0.717) is 0 Å². The smallest absolute Gasteiger partial charge is 0.191 e. The fraction of sp³-hybridized carbons (Fsp3) is 0.667. The van der Waals surface area contributed by atoms with Gasteiger partial charge in [-0.25, -0.2) is 0 Å². The van der Waals surface area contributed by atoms with Gasteiger partial charge in [0, 0.05) is 32.8 Å². The van der Waals surface area contributed by atoms with Gasteiger partial charge in [-0.15, -0.1) is 0 Å². The number of nitrogens with zero attached hydrogens (tertiary/aromatic N) is 1. The number of rotatable bonds is 11. The largest absolute Gasteiger partial charge is 0.491 e. The molecule has 1 aromatic carbocycles. The first kappa shape index (κ1) is 21.5. The Labute approximate surface area is 163 Å². The fourth-order valence-corrected chi connectivity index (χ4v) is 2.82. The predicted octanol–water partition coefficient (Wildman–Crippen LogP) is 2.77. The summed E-state index contributed by atoms with van der Waals surface area (Å²) in [4.78, 5) is 4.62. The van der Waals surface area contributed by atoms with Gasteiger partial charge < -0.3 is 24.8 Å². The van der Waals surface area contributed by atoms with Crippen LogP contribution >= 0.6 is 0 Å². The second-order valence-corrected chi connectivity index (χ2v) is 6.96. The maximum absolute atomic E-state index is 5.77. The molecule has 6 heteroatoms. The third-order valence-electron chi connectivity index (χ3n) is 4.16. The van der Waals surface area contributed by atoms with Gasteiger partial charge in [-0.2, -0.15) is 0 Å². The second-order valence-electron chi connectivity index (χ2n) is 6.96. The van der Waals surface area contributed by atoms with Gasteiger partial charge in [-0.3, -0.25) is 4.99 Å². The van der Waals surface area contributed by atoms with Gasteiger partial charge in [0.15, 0.2) is 5.96 Å². The van der Waals surface area contributed by atoms with E-state index in [2.05, 4.69) is 34.7 Å². The first-order valence-corrected chi connectivity index (χ1v) is 10.1. The van der Waals surface area contributed by atoms with Gasteiger partial charge in [0.2, 0.25) is 0 Å². The average molecular weight is 378 g/mol. The van der Waals surface area contributed by atoms with Gasteiger partial charge in [0.05, 0.1) is 18.8 Å². The molecule has 1 aliphatic heterocycles. The van der Waals surface area contributed by atoms with E-state index in [1.54, 1.807) is 0 Å². The number of hydrogen-bond donors (Lipinski definition) is 2. The molecule has 2 N–H and O–H groups in total. The SMILES string of the molecule is CCNC(=NCCCOC1CCOC1)NCCc1ccc(OC(C)C)cc1. The van der Waals surface area contributed by atoms with Crippen molar-refractivity contribution in [1.82, 2.24) is 10.6 Å². The zero-order chi connectivity index (χ0) is 19.3. The molecule has 1 aromatic rings. The summed E-state index contributed by atoms with van der Waals surface area (Å²) in [6, 6.07) is 8.30. The highest BCUT2D eigenvalue weighted by Crippen LogP contribution is 2.14. The molecule has 1 heterocycles. The van der Waals surface area contributed by atoms with Gasteiger partial charge in [-0.05, 0) is 57.7 Å². The molecule has 2 rings (SSSR count). The third kappa shape index (κ3) is 9.11. The van der Waals surface area contributed by atoms with Crippen molar-refractivity contribution in [2.45, 2.75) is 52.2 Å². The van der Waals surface area contributed by atoms with Crippen molar-refractivity contribution < 1.29 is 14.2 Å². The number of benzene rings is 1. The summed E-state index contributed by atoms with van der Waals surface area (Å²) in [5.74, 6) is 1.78. The molecule has 0 spiro atoms. The van der Waals surface area contributed by atoms with Crippen LogP contribution in [0.2, 0.25) is 0 Å². The summed E-state index contributed by atoms with van der Waals surface area (Å²) in [6.07, 6.45) is 3.35. The minimum Gasteiger partial charge on any atom is -0.491 e. The molecular weight excluding hydrogens is 342 g/mol. The van der Waals surface area contributed by atoms with Crippen molar-refractivity contribution in [3.8, 4) is 5.75 Å². The van der Waals surface area contributed by atoms with E-state index >= 15 is 0 Å². The van der Waals surface area contributed by atoms with Crippen LogP contribution in [0.4, 0.5) is 0 Å². The van der Waals surface area contributed by atoms with Crippen LogP contribution in [0, 0.1) is 0 Å². The van der Waals surface area contributed by atoms with Crippen molar-refractivity contribution in [2.24, 2.45) is 4.99 Å². The minimum atomic E-state index is 0.202. The molecule has 1 fully saturated rings. The molecule has 0 bridgehead atoms. The standard InChI is InChI=1S/C21H35N3O3/c1-4-22-21(23-12-5-14-26-20-11-15-25-16-20)24-13-10-18-6-8-19(9-7-18)27-17(2)3/h6-9,17,20H,4-5,10-16H2,1-3H3,(H2,22,23,24). The Morgan fingerprint density at radius 2 is 2.07 bits per heavy atom. The summed E-state index contributed by atoms with van der Waals surface area (Å²) < 4.78 is 16.8. The lowest BCUT2D eigenvalue weighted by Crippen LogP contribution is -2.38. The number of ether oxygens (including phenoxy) is 3. The van der Waals surface area contributed by atoms with E-state index in [-0.39, 0.29) is 12.2 Å². The van der Waals surface area contributed by atoms with Gasteiger partial charge >= 0.3 is 0 Å². The van der Waals surface area contributed by atoms with Crippen LogP contribution in [0.3, 0.4) is 0 Å². The lowest BCUT2D eigenvalue weighted by Gasteiger charge is -2.13. The van der Waals surface area contributed by atoms with Crippen molar-refractivity contribution >= 4 is 5.96 Å². The lowest BCUT2D eigenvalue weighted by atomic mass is 10.1. The predicted molar refractivity (Wildman–Crippen MR) is 110 cm³/mol. The van der Waals surface area contributed by atoms with Crippen LogP contribution in [0.1, 0.15) is 39.2 Å². The molecule has 6 nitrogen and oxygen atoms in total. The van der Waals surface area contributed by atoms with Crippen LogP contribution in [0.5, 0.6) is 5.75 Å². The first-order chi connectivity index (χ1) is 13.2. The highest BCUT2D eigenvalue weighted by atomic mass is 16.5. The van der Waals surface area contributed by atoms with E-state index in [9.17, 15) is 0 Å². The quantitative estimate of drug-likeness (QED) is 0.353. The summed E-state index contributed by atoms with van der Waals surface area (Å²) >= 11 is 0. The van der Waals surface area contributed by atoms with E-state index in [1.165, 1.54) is 5.56 Å². The van der Waals surface area contributed by atoms with E-state index in [4.69, 9.17) is 14.2 Å². The van der Waals surface area contributed by atoms with Crippen LogP contribution in [-0.2, 0) is 15.9 Å². The number of nitrogens with one attached hydrogen (secondary N) is 2. The van der Waals surface area contributed by atoms with E-state index < -0.39 is 0 Å². The summed E-state index contributed by atoms with van der Waals surface area (Å²) in [7, 11) is 0. The maximum Gasteiger partial charge on any atom is 0.191 e. The summed E-state index contributed by atoms with van der Waals surface area (Å²) in [5.41, 5.74) is 1.28. The molecule has 1 atom stereocenters. The Bertz CT molecular complexity index is 540. The number of aliphatic imine (C=N–C) groups is 1. The topological polar surface area (TPSA) is 64.1 Å². The molecule has 1 saturated heterocycles. The van der Waals surface area contributed by atoms with E-state index in [0.717, 1.165) is 70.4 Å². The van der Waals surface area contributed by atoms with Crippen LogP contribution in [-0.4, -0.2) is 57.6 Å². The van der Waals surface area contributed by atoms with Crippen LogP contribution < -0.4 is 15.4 Å². The minimum absolute atomic E-state index is 0.202. The Kier molecular flexibility index (Phi) is 10.0. The summed E-state index contributed by atoms with van der Waals surface area (Å²) in [5, 5.41) is 6.68. The molecule has 152 valence electrons. The second kappa shape index (κ2) is 12.6. The number of guanidine groups is 1. The molecule has 0 saturated carbocycles. The molecule has 1 unspecified atom stereocenters. The van der Waals surface area contributed by atoms with E-state index in [1.807, 2.05) is 26.0 Å². The molecule has 1 aliphatic rings. The molecule has 0 aliphatic carbocycles. The molecule has 0 radical (unpaired) electrons. The monoisotopic (exact) mass is 377 g/mol. The van der Waals surface area contributed by atoms with Gasteiger partial charge in [0.1, 0.15) is 5.75 Å². The Balaban J connectivity index is 1.65. The van der Waals surface area contributed by atoms with Crippen LogP contribution in [0.15, 0.2) is 29.3 Å². The lowest BCUT2D eigenvalue weighted by molar-refractivity contribution is 0.0424.